The van der Waals surface area contributed by atoms with Crippen molar-refractivity contribution in [2.24, 2.45) is 0 Å². The zero-order valence-electron chi connectivity index (χ0n) is 12.5. The van der Waals surface area contributed by atoms with Gasteiger partial charge in [0.15, 0.2) is 17.0 Å². The number of halogens is 3. The molecule has 0 amide bonds. The summed E-state index contributed by atoms with van der Waals surface area (Å²) in [6.07, 6.45) is -3.40. The fraction of sp³-hybridized carbons (Fsp3) is 0.188. The van der Waals surface area contributed by atoms with Gasteiger partial charge >= 0.3 is 12.1 Å². The van der Waals surface area contributed by atoms with E-state index >= 15 is 0 Å². The van der Waals surface area contributed by atoms with E-state index in [9.17, 15) is 18.0 Å². The maximum Gasteiger partial charge on any atom is 0.433 e. The van der Waals surface area contributed by atoms with Crippen molar-refractivity contribution in [2.45, 2.75) is 13.1 Å². The van der Waals surface area contributed by atoms with Gasteiger partial charge in [-0.2, -0.15) is 18.3 Å². The van der Waals surface area contributed by atoms with E-state index in [1.165, 1.54) is 6.20 Å². The highest BCUT2D eigenvalue weighted by Crippen LogP contribution is 2.32. The first kappa shape index (κ1) is 16.0. The Kier molecular flexibility index (Phi) is 3.96. The highest BCUT2D eigenvalue weighted by Gasteiger charge is 2.36. The third-order valence-corrected chi connectivity index (χ3v) is 3.33. The minimum Gasteiger partial charge on any atom is -0.461 e. The van der Waals surface area contributed by atoms with Crippen molar-refractivity contribution in [3.05, 3.63) is 54.0 Å². The third kappa shape index (κ3) is 2.82. The standard InChI is InChI=1S/C16H12F3N3O2/c1-2-24-15(23)12-8-13(16(17,18)19)22-14(21-12)11(9-20-22)10-6-4-3-5-7-10/h3-9H,2H2,1H3. The topological polar surface area (TPSA) is 56.5 Å². The summed E-state index contributed by atoms with van der Waals surface area (Å²) in [5, 5.41) is 3.79. The molecule has 0 aliphatic carbocycles. The van der Waals surface area contributed by atoms with Gasteiger partial charge in [0, 0.05) is 11.6 Å². The monoisotopic (exact) mass is 335 g/mol. The fourth-order valence-corrected chi connectivity index (χ4v) is 2.30. The SMILES string of the molecule is CCOC(=O)c1cc(C(F)(F)F)n2ncc(-c3ccccc3)c2n1. The highest BCUT2D eigenvalue weighted by molar-refractivity contribution is 5.89. The zero-order valence-corrected chi connectivity index (χ0v) is 12.5. The van der Waals surface area contributed by atoms with E-state index in [1.807, 2.05) is 0 Å². The summed E-state index contributed by atoms with van der Waals surface area (Å²) >= 11 is 0. The van der Waals surface area contributed by atoms with Crippen LogP contribution in [0, 0.1) is 0 Å². The molecule has 5 nitrogen and oxygen atoms in total. The second-order valence-electron chi connectivity index (χ2n) is 4.90. The Morgan fingerprint density at radius 2 is 1.96 bits per heavy atom. The van der Waals surface area contributed by atoms with Crippen molar-refractivity contribution < 1.29 is 22.7 Å². The van der Waals surface area contributed by atoms with Crippen molar-refractivity contribution in [1.82, 2.24) is 14.6 Å². The van der Waals surface area contributed by atoms with Gasteiger partial charge in [-0.1, -0.05) is 30.3 Å². The van der Waals surface area contributed by atoms with Gasteiger partial charge in [-0.15, -0.1) is 0 Å². The van der Waals surface area contributed by atoms with E-state index in [0.29, 0.717) is 21.7 Å². The van der Waals surface area contributed by atoms with Crippen molar-refractivity contribution in [3.63, 3.8) is 0 Å². The maximum atomic E-state index is 13.3. The van der Waals surface area contributed by atoms with Crippen molar-refractivity contribution >= 4 is 11.6 Å². The number of alkyl halides is 3. The number of nitrogens with zero attached hydrogens (tertiary/aromatic N) is 3. The minimum atomic E-state index is -4.69. The summed E-state index contributed by atoms with van der Waals surface area (Å²) in [6.45, 7) is 1.60. The molecule has 0 atom stereocenters. The van der Waals surface area contributed by atoms with Gasteiger partial charge < -0.3 is 4.74 Å². The van der Waals surface area contributed by atoms with Crippen LogP contribution in [-0.4, -0.2) is 27.2 Å². The Labute approximate surface area is 134 Å². The lowest BCUT2D eigenvalue weighted by Gasteiger charge is -2.11. The lowest BCUT2D eigenvalue weighted by atomic mass is 10.1. The third-order valence-electron chi connectivity index (χ3n) is 3.33. The van der Waals surface area contributed by atoms with Gasteiger partial charge in [0.1, 0.15) is 0 Å². The number of benzene rings is 1. The first-order chi connectivity index (χ1) is 11.4. The van der Waals surface area contributed by atoms with Crippen LogP contribution in [0.1, 0.15) is 23.1 Å². The Balaban J connectivity index is 2.27. The van der Waals surface area contributed by atoms with Gasteiger partial charge in [0.2, 0.25) is 0 Å². The average molecular weight is 335 g/mol. The highest BCUT2D eigenvalue weighted by atomic mass is 19.4. The molecular formula is C16H12F3N3O2. The van der Waals surface area contributed by atoms with Crippen LogP contribution in [0.5, 0.6) is 0 Å². The fourth-order valence-electron chi connectivity index (χ4n) is 2.30. The molecule has 2 aromatic heterocycles. The maximum absolute atomic E-state index is 13.3. The molecule has 0 aliphatic rings. The van der Waals surface area contributed by atoms with E-state index in [2.05, 4.69) is 10.1 Å². The van der Waals surface area contributed by atoms with Crippen LogP contribution >= 0.6 is 0 Å². The number of fused-ring (bicyclic) bond motifs is 1. The van der Waals surface area contributed by atoms with E-state index in [0.717, 1.165) is 0 Å². The van der Waals surface area contributed by atoms with Gasteiger partial charge in [-0.3, -0.25) is 0 Å². The Morgan fingerprint density at radius 1 is 1.25 bits per heavy atom. The molecule has 124 valence electrons. The van der Waals surface area contributed by atoms with Crippen molar-refractivity contribution in [2.75, 3.05) is 6.61 Å². The summed E-state index contributed by atoms with van der Waals surface area (Å²) in [5.74, 6) is -0.911. The summed E-state index contributed by atoms with van der Waals surface area (Å²) in [5.41, 5.74) is -0.507. The molecule has 0 bridgehead atoms. The second-order valence-corrected chi connectivity index (χ2v) is 4.90. The van der Waals surface area contributed by atoms with Crippen molar-refractivity contribution in [3.8, 4) is 11.1 Å². The molecule has 0 saturated carbocycles. The smallest absolute Gasteiger partial charge is 0.433 e. The largest absolute Gasteiger partial charge is 0.461 e. The van der Waals surface area contributed by atoms with E-state index < -0.39 is 23.5 Å². The quantitative estimate of drug-likeness (QED) is 0.687. The van der Waals surface area contributed by atoms with Crippen LogP contribution in [0.2, 0.25) is 0 Å². The normalized spacial score (nSPS) is 11.7. The Bertz CT molecular complexity index is 889. The van der Waals surface area contributed by atoms with Crippen LogP contribution in [0.3, 0.4) is 0 Å². The Morgan fingerprint density at radius 3 is 2.58 bits per heavy atom. The number of esters is 1. The van der Waals surface area contributed by atoms with Gasteiger partial charge in [-0.25, -0.2) is 14.3 Å². The predicted octanol–water partition coefficient (Wildman–Crippen LogP) is 3.59. The van der Waals surface area contributed by atoms with E-state index in [1.54, 1.807) is 37.3 Å². The molecule has 8 heteroatoms. The molecular weight excluding hydrogens is 323 g/mol. The van der Waals surface area contributed by atoms with Crippen molar-refractivity contribution in [1.29, 1.82) is 0 Å². The summed E-state index contributed by atoms with van der Waals surface area (Å²) in [6, 6.07) is 9.38. The lowest BCUT2D eigenvalue weighted by molar-refractivity contribution is -0.142. The first-order valence-corrected chi connectivity index (χ1v) is 7.10. The van der Waals surface area contributed by atoms with Crippen LogP contribution < -0.4 is 0 Å². The molecule has 3 aromatic rings. The Hall–Kier alpha value is -2.90. The van der Waals surface area contributed by atoms with Crippen LogP contribution in [-0.2, 0) is 10.9 Å². The van der Waals surface area contributed by atoms with Crippen LogP contribution in [0.15, 0.2) is 42.6 Å². The van der Waals surface area contributed by atoms with Crippen LogP contribution in [0.25, 0.3) is 16.8 Å². The number of hydrogen-bond acceptors (Lipinski definition) is 4. The molecule has 3 rings (SSSR count). The molecule has 0 spiro atoms. The number of carbonyl (C=O) groups excluding carboxylic acids is 1. The zero-order chi connectivity index (χ0) is 17.3. The van der Waals surface area contributed by atoms with Gasteiger partial charge in [-0.05, 0) is 12.5 Å². The molecule has 0 N–H and O–H groups in total. The number of aromatic nitrogens is 3. The summed E-state index contributed by atoms with van der Waals surface area (Å²) in [4.78, 5) is 15.9. The van der Waals surface area contributed by atoms with E-state index in [-0.39, 0.29) is 12.3 Å². The average Bonchev–Trinajstić information content (AvgIpc) is 2.97. The summed E-state index contributed by atoms with van der Waals surface area (Å²) in [7, 11) is 0. The molecule has 0 aliphatic heterocycles. The molecule has 0 radical (unpaired) electrons. The molecule has 0 unspecified atom stereocenters. The molecule has 24 heavy (non-hydrogen) atoms. The number of rotatable bonds is 3. The van der Waals surface area contributed by atoms with Gasteiger partial charge in [0.05, 0.1) is 12.8 Å². The van der Waals surface area contributed by atoms with Crippen LogP contribution in [0.4, 0.5) is 13.2 Å². The van der Waals surface area contributed by atoms with E-state index in [4.69, 9.17) is 4.74 Å². The number of hydrogen-bond donors (Lipinski definition) is 0. The summed E-state index contributed by atoms with van der Waals surface area (Å²) < 4.78 is 45.4. The lowest BCUT2D eigenvalue weighted by Crippen LogP contribution is -2.17. The molecule has 2 heterocycles. The number of ether oxygens (including phenoxy) is 1. The first-order valence-electron chi connectivity index (χ1n) is 7.10. The molecule has 0 saturated heterocycles. The van der Waals surface area contributed by atoms with Gasteiger partial charge in [0.25, 0.3) is 0 Å². The second kappa shape index (κ2) is 5.95. The molecule has 0 fully saturated rings. The molecule has 1 aromatic carbocycles. The minimum absolute atomic E-state index is 0.0395. The number of carbonyl (C=O) groups is 1. The predicted molar refractivity (Wildman–Crippen MR) is 79.4 cm³/mol.